The number of nitrogens with one attached hydrogen (secondary N) is 2. The van der Waals surface area contributed by atoms with Crippen LogP contribution in [0.2, 0.25) is 0 Å². The van der Waals surface area contributed by atoms with Crippen LogP contribution in [0.4, 0.5) is 11.6 Å². The number of benzene rings is 2. The summed E-state index contributed by atoms with van der Waals surface area (Å²) in [5, 5.41) is 2.66. The molecule has 0 unspecified atom stereocenters. The summed E-state index contributed by atoms with van der Waals surface area (Å²) in [5.41, 5.74) is 0.397. The smallest absolute Gasteiger partial charge is 0.291 e. The number of amides is 1. The number of carbonyl (C=O) groups is 1. The summed E-state index contributed by atoms with van der Waals surface area (Å²) < 4.78 is 43.8. The summed E-state index contributed by atoms with van der Waals surface area (Å²) in [4.78, 5) is 20.2. The second kappa shape index (κ2) is 10.7. The number of rotatable bonds is 10. The molecule has 4 rings (SSSR count). The second-order valence-electron chi connectivity index (χ2n) is 7.12. The van der Waals surface area contributed by atoms with Crippen LogP contribution in [0.5, 0.6) is 11.5 Å². The number of ether oxygens (including phenoxy) is 2. The van der Waals surface area contributed by atoms with Gasteiger partial charge < -0.3 is 19.2 Å². The van der Waals surface area contributed by atoms with Crippen LogP contribution < -0.4 is 19.5 Å². The zero-order chi connectivity index (χ0) is 24.7. The zero-order valence-corrected chi connectivity index (χ0v) is 19.5. The van der Waals surface area contributed by atoms with Crippen molar-refractivity contribution >= 4 is 27.6 Å². The maximum Gasteiger partial charge on any atom is 0.291 e. The van der Waals surface area contributed by atoms with Gasteiger partial charge in [0.25, 0.3) is 15.9 Å². The van der Waals surface area contributed by atoms with Crippen molar-refractivity contribution in [3.05, 3.63) is 90.6 Å². The van der Waals surface area contributed by atoms with E-state index in [1.807, 2.05) is 19.1 Å². The Morgan fingerprint density at radius 1 is 0.914 bits per heavy atom. The Bertz CT molecular complexity index is 1370. The quantitative estimate of drug-likeness (QED) is 0.337. The number of sulfonamides is 1. The molecule has 0 atom stereocenters. The fraction of sp³-hybridized carbons (Fsp3) is 0.125. The Kier molecular flexibility index (Phi) is 7.27. The number of furan rings is 1. The first-order valence-corrected chi connectivity index (χ1v) is 12.1. The minimum Gasteiger partial charge on any atom is -0.494 e. The van der Waals surface area contributed by atoms with E-state index in [4.69, 9.17) is 13.9 Å². The molecule has 0 saturated heterocycles. The average Bonchev–Trinajstić information content (AvgIpc) is 3.34. The van der Waals surface area contributed by atoms with Crippen LogP contribution in [0.1, 0.15) is 23.2 Å². The molecule has 0 bridgehead atoms. The van der Waals surface area contributed by atoms with Crippen molar-refractivity contribution in [2.24, 2.45) is 0 Å². The third-order valence-electron chi connectivity index (χ3n) is 4.62. The highest BCUT2D eigenvalue weighted by molar-refractivity contribution is 7.92. The number of carbonyl (C=O) groups excluding carboxylic acids is 1. The van der Waals surface area contributed by atoms with E-state index in [0.29, 0.717) is 23.8 Å². The molecule has 0 fully saturated rings. The van der Waals surface area contributed by atoms with Gasteiger partial charge in [-0.05, 0) is 73.7 Å². The molecule has 0 saturated carbocycles. The van der Waals surface area contributed by atoms with Gasteiger partial charge in [-0.2, -0.15) is 0 Å². The van der Waals surface area contributed by atoms with Crippen molar-refractivity contribution in [2.75, 3.05) is 16.6 Å². The molecule has 2 N–H and O–H groups in total. The van der Waals surface area contributed by atoms with E-state index in [0.717, 1.165) is 5.75 Å². The van der Waals surface area contributed by atoms with Crippen molar-refractivity contribution in [1.29, 1.82) is 0 Å². The summed E-state index contributed by atoms with van der Waals surface area (Å²) in [6.07, 6.45) is 2.85. The molecule has 0 aliphatic carbocycles. The molecule has 1 amide bonds. The first-order valence-electron chi connectivity index (χ1n) is 10.6. The molecule has 2 aromatic heterocycles. The normalized spacial score (nSPS) is 11.0. The Balaban J connectivity index is 1.32. The van der Waals surface area contributed by atoms with Crippen LogP contribution >= 0.6 is 0 Å². The molecule has 4 aromatic rings. The van der Waals surface area contributed by atoms with Crippen LogP contribution in [-0.4, -0.2) is 30.9 Å². The Hall–Kier alpha value is -4.38. The highest BCUT2D eigenvalue weighted by atomic mass is 32.2. The first-order chi connectivity index (χ1) is 16.9. The highest BCUT2D eigenvalue weighted by Crippen LogP contribution is 2.20. The van der Waals surface area contributed by atoms with Crippen molar-refractivity contribution in [1.82, 2.24) is 9.97 Å². The lowest BCUT2D eigenvalue weighted by Crippen LogP contribution is -2.15. The number of anilines is 2. The lowest BCUT2D eigenvalue weighted by molar-refractivity contribution is 0.0992. The van der Waals surface area contributed by atoms with Crippen molar-refractivity contribution in [3.63, 3.8) is 0 Å². The Labute approximate surface area is 202 Å². The van der Waals surface area contributed by atoms with Gasteiger partial charge in [-0.1, -0.05) is 0 Å². The molecule has 0 aliphatic rings. The predicted molar refractivity (Wildman–Crippen MR) is 128 cm³/mol. The van der Waals surface area contributed by atoms with Crippen molar-refractivity contribution in [3.8, 4) is 11.5 Å². The monoisotopic (exact) mass is 494 g/mol. The van der Waals surface area contributed by atoms with Gasteiger partial charge in [0, 0.05) is 18.1 Å². The van der Waals surface area contributed by atoms with E-state index in [1.54, 1.807) is 24.3 Å². The maximum atomic E-state index is 12.5. The predicted octanol–water partition coefficient (Wildman–Crippen LogP) is 4.10. The van der Waals surface area contributed by atoms with Crippen molar-refractivity contribution in [2.45, 2.75) is 18.4 Å². The number of aromatic nitrogens is 2. The Morgan fingerprint density at radius 2 is 1.57 bits per heavy atom. The van der Waals surface area contributed by atoms with Gasteiger partial charge in [0.15, 0.2) is 5.76 Å². The highest BCUT2D eigenvalue weighted by Gasteiger charge is 2.16. The summed E-state index contributed by atoms with van der Waals surface area (Å²) in [7, 11) is -3.87. The molecule has 180 valence electrons. The van der Waals surface area contributed by atoms with Crippen LogP contribution in [0.3, 0.4) is 0 Å². The van der Waals surface area contributed by atoms with Crippen LogP contribution in [0.25, 0.3) is 0 Å². The topological polar surface area (TPSA) is 133 Å². The molecule has 2 heterocycles. The standard InChI is InChI=1S/C24H22N4O6S/c1-2-32-18-6-8-19(9-7-18)33-16-20-10-13-22(34-20)23(29)27-17-4-11-21(12-5-17)35(30,31)28-24-25-14-3-15-26-24/h3-15H,2,16H2,1H3,(H,27,29)(H,25,26,28). The third kappa shape index (κ3) is 6.36. The van der Waals surface area contributed by atoms with E-state index < -0.39 is 15.9 Å². The van der Waals surface area contributed by atoms with Crippen LogP contribution in [0, 0.1) is 0 Å². The molecule has 0 radical (unpaired) electrons. The summed E-state index contributed by atoms with van der Waals surface area (Å²) >= 11 is 0. The van der Waals surface area contributed by atoms with Gasteiger partial charge >= 0.3 is 0 Å². The average molecular weight is 495 g/mol. The van der Waals surface area contributed by atoms with Gasteiger partial charge in [0.05, 0.1) is 11.5 Å². The SMILES string of the molecule is CCOc1ccc(OCc2ccc(C(=O)Nc3ccc(S(=O)(=O)Nc4ncccn4)cc3)o2)cc1. The maximum absolute atomic E-state index is 12.5. The molecular weight excluding hydrogens is 472 g/mol. The van der Waals surface area contributed by atoms with Crippen LogP contribution in [-0.2, 0) is 16.6 Å². The van der Waals surface area contributed by atoms with E-state index in [9.17, 15) is 13.2 Å². The van der Waals surface area contributed by atoms with Gasteiger partial charge in [-0.3, -0.25) is 4.79 Å². The molecule has 10 nitrogen and oxygen atoms in total. The van der Waals surface area contributed by atoms with Gasteiger partial charge in [0.1, 0.15) is 23.9 Å². The summed E-state index contributed by atoms with van der Waals surface area (Å²) in [6, 6.07) is 17.6. The van der Waals surface area contributed by atoms with Crippen LogP contribution in [0.15, 0.2) is 88.4 Å². The summed E-state index contributed by atoms with van der Waals surface area (Å²) in [6.45, 7) is 2.64. The number of hydrogen-bond donors (Lipinski definition) is 2. The molecule has 35 heavy (non-hydrogen) atoms. The molecular formula is C24H22N4O6S. The lowest BCUT2D eigenvalue weighted by atomic mass is 10.3. The van der Waals surface area contributed by atoms with E-state index in [2.05, 4.69) is 20.0 Å². The minimum absolute atomic E-state index is 0.00493. The van der Waals surface area contributed by atoms with E-state index in [1.165, 1.54) is 42.7 Å². The second-order valence-corrected chi connectivity index (χ2v) is 8.80. The molecule has 2 aromatic carbocycles. The Morgan fingerprint density at radius 3 is 2.23 bits per heavy atom. The van der Waals surface area contributed by atoms with Gasteiger partial charge in [-0.25, -0.2) is 23.1 Å². The van der Waals surface area contributed by atoms with E-state index in [-0.39, 0.29) is 23.2 Å². The number of nitrogens with zero attached hydrogens (tertiary/aromatic N) is 2. The third-order valence-corrected chi connectivity index (χ3v) is 5.96. The van der Waals surface area contributed by atoms with E-state index >= 15 is 0 Å². The number of hydrogen-bond acceptors (Lipinski definition) is 8. The first kappa shape index (κ1) is 23.8. The van der Waals surface area contributed by atoms with Gasteiger partial charge in [0.2, 0.25) is 5.95 Å². The molecule has 0 aliphatic heterocycles. The molecule has 11 heteroatoms. The van der Waals surface area contributed by atoms with Gasteiger partial charge in [-0.15, -0.1) is 0 Å². The summed E-state index contributed by atoms with van der Waals surface area (Å²) in [5.74, 6) is 1.44. The zero-order valence-electron chi connectivity index (χ0n) is 18.7. The fourth-order valence-electron chi connectivity index (χ4n) is 2.97. The largest absolute Gasteiger partial charge is 0.494 e. The minimum atomic E-state index is -3.87. The lowest BCUT2D eigenvalue weighted by Gasteiger charge is -2.08. The fourth-order valence-corrected chi connectivity index (χ4v) is 3.93. The molecule has 0 spiro atoms. The van der Waals surface area contributed by atoms with Crippen molar-refractivity contribution < 1.29 is 27.1 Å².